The first-order valence-electron chi connectivity index (χ1n) is 7.91. The molecule has 1 aromatic rings. The summed E-state index contributed by atoms with van der Waals surface area (Å²) in [6.07, 6.45) is 0. The minimum atomic E-state index is -1.25. The summed E-state index contributed by atoms with van der Waals surface area (Å²) in [6, 6.07) is 4.04. The Bertz CT molecular complexity index is 816. The Labute approximate surface area is 159 Å². The van der Waals surface area contributed by atoms with Crippen molar-refractivity contribution in [3.8, 4) is 11.5 Å². The van der Waals surface area contributed by atoms with E-state index in [-0.39, 0.29) is 22.8 Å². The first-order chi connectivity index (χ1) is 12.9. The van der Waals surface area contributed by atoms with Crippen LogP contribution >= 0.6 is 11.8 Å². The van der Waals surface area contributed by atoms with Gasteiger partial charge in [0.15, 0.2) is 5.70 Å². The monoisotopic (exact) mass is 394 g/mol. The van der Waals surface area contributed by atoms with Crippen LogP contribution in [-0.4, -0.2) is 66.3 Å². The van der Waals surface area contributed by atoms with Gasteiger partial charge in [0.2, 0.25) is 0 Å². The van der Waals surface area contributed by atoms with E-state index in [2.05, 4.69) is 5.32 Å². The Morgan fingerprint density at radius 1 is 1.19 bits per heavy atom. The zero-order valence-corrected chi connectivity index (χ0v) is 15.7. The van der Waals surface area contributed by atoms with Gasteiger partial charge in [0.25, 0.3) is 11.8 Å². The Morgan fingerprint density at radius 3 is 2.33 bits per heavy atom. The predicted molar refractivity (Wildman–Crippen MR) is 95.6 cm³/mol. The highest BCUT2D eigenvalue weighted by Crippen LogP contribution is 2.40. The Kier molecular flexibility index (Phi) is 5.17. The number of hydrogen-bond acceptors (Lipinski definition) is 7. The van der Waals surface area contributed by atoms with Crippen LogP contribution in [0.25, 0.3) is 0 Å². The lowest BCUT2D eigenvalue weighted by atomic mass is 10.0. The number of β-lactam (4-membered cyclic amide) rings is 1. The number of carbonyl (C=O) groups excluding carboxylic acids is 2. The first kappa shape index (κ1) is 18.9. The molecular weight excluding hydrogens is 376 g/mol. The van der Waals surface area contributed by atoms with Crippen molar-refractivity contribution in [3.05, 3.63) is 35.2 Å². The predicted octanol–water partition coefficient (Wildman–Crippen LogP) is 0.660. The van der Waals surface area contributed by atoms with Crippen LogP contribution in [0.5, 0.6) is 11.5 Å². The molecular formula is C17H18N2O7S. The smallest absolute Gasteiger partial charge is 0.356 e. The molecule has 144 valence electrons. The summed E-state index contributed by atoms with van der Waals surface area (Å²) in [5.74, 6) is -1.19. The SMILES string of the molecule is COC1=C(C(=O)O)N2C(=O)C(NC(=O)c3c(OC)cccc3OC)[C@H]2SC1. The number of carbonyl (C=O) groups is 3. The summed E-state index contributed by atoms with van der Waals surface area (Å²) >= 11 is 1.32. The summed E-state index contributed by atoms with van der Waals surface area (Å²) in [7, 11) is 4.21. The largest absolute Gasteiger partial charge is 0.498 e. The van der Waals surface area contributed by atoms with Crippen LogP contribution in [0.15, 0.2) is 29.7 Å². The molecule has 2 atom stereocenters. The van der Waals surface area contributed by atoms with E-state index in [1.54, 1.807) is 18.2 Å². The molecule has 3 rings (SSSR count). The fraction of sp³-hybridized carbons (Fsp3) is 0.353. The molecule has 0 radical (unpaired) electrons. The standard InChI is InChI=1S/C17H18N2O7S/c1-24-8-5-4-6-9(25-2)11(8)14(20)18-12-15(21)19-13(17(22)23)10(26-3)7-27-16(12)19/h4-6,12,16H,7H2,1-3H3,(H,18,20)(H,22,23)/t12?,16-/m1/s1. The topological polar surface area (TPSA) is 114 Å². The number of rotatable bonds is 6. The Balaban J connectivity index is 1.84. The normalized spacial score (nSPS) is 21.1. The second-order valence-corrected chi connectivity index (χ2v) is 6.78. The van der Waals surface area contributed by atoms with Crippen LogP contribution in [0.1, 0.15) is 10.4 Å². The molecule has 1 aromatic carbocycles. The molecule has 0 saturated carbocycles. The lowest BCUT2D eigenvalue weighted by molar-refractivity contribution is -0.149. The van der Waals surface area contributed by atoms with Gasteiger partial charge >= 0.3 is 5.97 Å². The molecule has 0 bridgehead atoms. The van der Waals surface area contributed by atoms with Gasteiger partial charge in [-0.05, 0) is 12.1 Å². The Hall–Kier alpha value is -2.88. The van der Waals surface area contributed by atoms with Crippen LogP contribution in [-0.2, 0) is 14.3 Å². The van der Waals surface area contributed by atoms with E-state index in [4.69, 9.17) is 14.2 Å². The van der Waals surface area contributed by atoms with Crippen molar-refractivity contribution in [2.24, 2.45) is 0 Å². The molecule has 9 nitrogen and oxygen atoms in total. The molecule has 0 aromatic heterocycles. The molecule has 1 fully saturated rings. The third-order valence-electron chi connectivity index (χ3n) is 4.32. The fourth-order valence-electron chi connectivity index (χ4n) is 3.04. The highest BCUT2D eigenvalue weighted by Gasteiger charge is 2.55. The maximum absolute atomic E-state index is 12.8. The van der Waals surface area contributed by atoms with E-state index in [0.29, 0.717) is 11.5 Å². The molecule has 0 aliphatic carbocycles. The van der Waals surface area contributed by atoms with Gasteiger partial charge in [-0.1, -0.05) is 6.07 Å². The van der Waals surface area contributed by atoms with E-state index >= 15 is 0 Å². The number of fused-ring (bicyclic) bond motifs is 1. The van der Waals surface area contributed by atoms with Crippen LogP contribution in [0, 0.1) is 0 Å². The summed E-state index contributed by atoms with van der Waals surface area (Å²) in [5.41, 5.74) is -0.0206. The number of nitrogens with zero attached hydrogens (tertiary/aromatic N) is 1. The minimum Gasteiger partial charge on any atom is -0.498 e. The van der Waals surface area contributed by atoms with Crippen LogP contribution in [0.2, 0.25) is 0 Å². The highest BCUT2D eigenvalue weighted by molar-refractivity contribution is 8.00. The van der Waals surface area contributed by atoms with Crippen molar-refractivity contribution in [1.29, 1.82) is 0 Å². The lowest BCUT2D eigenvalue weighted by Gasteiger charge is -2.48. The number of carboxylic acid groups (broad SMARTS) is 1. The molecule has 2 heterocycles. The second-order valence-electron chi connectivity index (χ2n) is 5.68. The number of ether oxygens (including phenoxy) is 3. The van der Waals surface area contributed by atoms with Crippen LogP contribution in [0.4, 0.5) is 0 Å². The van der Waals surface area contributed by atoms with Crippen molar-refractivity contribution in [1.82, 2.24) is 10.2 Å². The molecule has 0 spiro atoms. The third-order valence-corrected chi connectivity index (χ3v) is 5.58. The van der Waals surface area contributed by atoms with E-state index < -0.39 is 29.2 Å². The van der Waals surface area contributed by atoms with E-state index in [0.717, 1.165) is 4.90 Å². The summed E-state index contributed by atoms with van der Waals surface area (Å²) in [4.78, 5) is 37.9. The molecule has 27 heavy (non-hydrogen) atoms. The zero-order chi connectivity index (χ0) is 19.7. The average Bonchev–Trinajstić information content (AvgIpc) is 2.69. The number of methoxy groups -OCH3 is 3. The molecule has 2 N–H and O–H groups in total. The molecule has 2 amide bonds. The average molecular weight is 394 g/mol. The minimum absolute atomic E-state index is 0.168. The summed E-state index contributed by atoms with van der Waals surface area (Å²) < 4.78 is 15.5. The molecule has 1 unspecified atom stereocenters. The highest BCUT2D eigenvalue weighted by atomic mass is 32.2. The number of thioether (sulfide) groups is 1. The van der Waals surface area contributed by atoms with Crippen molar-refractivity contribution in [3.63, 3.8) is 0 Å². The van der Waals surface area contributed by atoms with Crippen molar-refractivity contribution in [2.45, 2.75) is 11.4 Å². The van der Waals surface area contributed by atoms with Crippen molar-refractivity contribution in [2.75, 3.05) is 27.1 Å². The molecule has 2 aliphatic heterocycles. The van der Waals surface area contributed by atoms with Gasteiger partial charge in [0, 0.05) is 0 Å². The lowest BCUT2D eigenvalue weighted by Crippen LogP contribution is -2.70. The van der Waals surface area contributed by atoms with Crippen LogP contribution in [0.3, 0.4) is 0 Å². The summed E-state index contributed by atoms with van der Waals surface area (Å²) in [5, 5.41) is 11.5. The molecule has 1 saturated heterocycles. The fourth-order valence-corrected chi connectivity index (χ4v) is 4.35. The van der Waals surface area contributed by atoms with Gasteiger partial charge in [0.1, 0.15) is 34.2 Å². The maximum Gasteiger partial charge on any atom is 0.356 e. The maximum atomic E-state index is 12.8. The van der Waals surface area contributed by atoms with Gasteiger partial charge < -0.3 is 24.6 Å². The van der Waals surface area contributed by atoms with E-state index in [1.165, 1.54) is 33.1 Å². The van der Waals surface area contributed by atoms with Crippen molar-refractivity contribution < 1.29 is 33.7 Å². The van der Waals surface area contributed by atoms with Crippen molar-refractivity contribution >= 4 is 29.5 Å². The zero-order valence-electron chi connectivity index (χ0n) is 14.8. The number of benzene rings is 1. The van der Waals surface area contributed by atoms with E-state index in [1.807, 2.05) is 0 Å². The van der Waals surface area contributed by atoms with Gasteiger partial charge in [0.05, 0.1) is 27.1 Å². The number of amides is 2. The van der Waals surface area contributed by atoms with E-state index in [9.17, 15) is 19.5 Å². The number of hydrogen-bond donors (Lipinski definition) is 2. The molecule has 10 heteroatoms. The van der Waals surface area contributed by atoms with Gasteiger partial charge in [-0.15, -0.1) is 11.8 Å². The van der Waals surface area contributed by atoms with Gasteiger partial charge in [-0.2, -0.15) is 0 Å². The van der Waals surface area contributed by atoms with Gasteiger partial charge in [-0.3, -0.25) is 14.5 Å². The number of nitrogens with one attached hydrogen (secondary N) is 1. The van der Waals surface area contributed by atoms with Crippen LogP contribution < -0.4 is 14.8 Å². The molecule has 2 aliphatic rings. The number of aliphatic carboxylic acids is 1. The number of carboxylic acids is 1. The second kappa shape index (κ2) is 7.39. The van der Waals surface area contributed by atoms with Gasteiger partial charge in [-0.25, -0.2) is 4.79 Å². The first-order valence-corrected chi connectivity index (χ1v) is 8.96. The Morgan fingerprint density at radius 2 is 1.81 bits per heavy atom. The summed E-state index contributed by atoms with van der Waals surface area (Å²) in [6.45, 7) is 0. The quantitative estimate of drug-likeness (QED) is 0.677. The third kappa shape index (κ3) is 3.05.